The first-order chi connectivity index (χ1) is 9.43. The first-order valence-electron chi connectivity index (χ1n) is 6.50. The first kappa shape index (κ1) is 12.8. The van der Waals surface area contributed by atoms with Crippen LogP contribution in [0.5, 0.6) is 0 Å². The summed E-state index contributed by atoms with van der Waals surface area (Å²) in [5.41, 5.74) is 7.82. The molecule has 0 fully saturated rings. The van der Waals surface area contributed by atoms with Crippen LogP contribution in [0.25, 0.3) is 11.4 Å². The van der Waals surface area contributed by atoms with E-state index in [9.17, 15) is 4.79 Å². The van der Waals surface area contributed by atoms with Gasteiger partial charge in [0.15, 0.2) is 11.6 Å². The molecule has 0 saturated carbocycles. The Kier molecular flexibility index (Phi) is 2.65. The van der Waals surface area contributed by atoms with Gasteiger partial charge in [-0.25, -0.2) is 9.67 Å². The lowest BCUT2D eigenvalue weighted by Crippen LogP contribution is -2.26. The highest BCUT2D eigenvalue weighted by Gasteiger charge is 2.38. The average Bonchev–Trinajstić information content (AvgIpc) is 2.89. The van der Waals surface area contributed by atoms with Gasteiger partial charge in [0, 0.05) is 18.3 Å². The van der Waals surface area contributed by atoms with Crippen molar-refractivity contribution in [2.75, 3.05) is 5.32 Å². The number of carbonyl (C=O) groups is 1. The zero-order chi connectivity index (χ0) is 14.5. The van der Waals surface area contributed by atoms with Gasteiger partial charge in [0.2, 0.25) is 5.91 Å². The molecule has 6 nitrogen and oxygen atoms in total. The lowest BCUT2D eigenvalue weighted by atomic mass is 9.85. The number of nitrogens with two attached hydrogens (primary N) is 1. The predicted molar refractivity (Wildman–Crippen MR) is 76.0 cm³/mol. The number of fused-ring (bicyclic) bond motifs is 1. The number of hydrogen-bond donors (Lipinski definition) is 2. The van der Waals surface area contributed by atoms with Gasteiger partial charge in [-0.3, -0.25) is 4.79 Å². The van der Waals surface area contributed by atoms with E-state index in [0.717, 1.165) is 22.6 Å². The van der Waals surface area contributed by atoms with Crippen molar-refractivity contribution in [3.8, 4) is 11.4 Å². The van der Waals surface area contributed by atoms with Crippen LogP contribution in [0.15, 0.2) is 18.2 Å². The quantitative estimate of drug-likeness (QED) is 0.858. The Morgan fingerprint density at radius 3 is 2.80 bits per heavy atom. The number of hydrogen-bond acceptors (Lipinski definition) is 4. The van der Waals surface area contributed by atoms with E-state index in [4.69, 9.17) is 5.73 Å². The summed E-state index contributed by atoms with van der Waals surface area (Å²) in [5.74, 6) is 1.38. The summed E-state index contributed by atoms with van der Waals surface area (Å²) in [6.07, 6.45) is 0. The second-order valence-electron chi connectivity index (χ2n) is 5.52. The molecule has 104 valence electrons. The van der Waals surface area contributed by atoms with E-state index in [0.29, 0.717) is 12.4 Å². The van der Waals surface area contributed by atoms with Crippen molar-refractivity contribution in [1.82, 2.24) is 14.8 Å². The third kappa shape index (κ3) is 1.72. The third-order valence-electron chi connectivity index (χ3n) is 3.76. The van der Waals surface area contributed by atoms with Gasteiger partial charge in [-0.2, -0.15) is 5.10 Å². The van der Waals surface area contributed by atoms with Crippen molar-refractivity contribution in [3.63, 3.8) is 0 Å². The molecule has 1 aliphatic heterocycles. The Bertz CT molecular complexity index is 702. The van der Waals surface area contributed by atoms with Crippen LogP contribution < -0.4 is 11.1 Å². The van der Waals surface area contributed by atoms with Crippen molar-refractivity contribution >= 4 is 11.6 Å². The van der Waals surface area contributed by atoms with Gasteiger partial charge in [-0.15, -0.1) is 0 Å². The fourth-order valence-corrected chi connectivity index (χ4v) is 2.49. The zero-order valence-electron chi connectivity index (χ0n) is 11.8. The number of aryl methyl sites for hydroxylation is 1. The van der Waals surface area contributed by atoms with Crippen LogP contribution in [0, 0.1) is 0 Å². The molecule has 3 N–H and O–H groups in total. The van der Waals surface area contributed by atoms with Gasteiger partial charge in [0.05, 0.1) is 12.0 Å². The number of nitrogens with one attached hydrogen (secondary N) is 1. The highest BCUT2D eigenvalue weighted by Crippen LogP contribution is 2.39. The number of amides is 1. The Balaban J connectivity index is 2.12. The maximum atomic E-state index is 12.0. The molecule has 1 aromatic heterocycles. The molecule has 0 aliphatic carbocycles. The van der Waals surface area contributed by atoms with Crippen LogP contribution in [-0.4, -0.2) is 20.7 Å². The molecule has 2 heterocycles. The molecular formula is C14H17N5O. The standard InChI is InChI=1S/C14H17N5O/c1-14(2)9-6-8(4-5-10(9)16-13(14)20)12-17-11(7-15)18-19(12)3/h4-6H,7,15H2,1-3H3,(H,16,20). The predicted octanol–water partition coefficient (Wildman–Crippen LogP) is 1.17. The molecule has 0 unspecified atom stereocenters. The fourth-order valence-electron chi connectivity index (χ4n) is 2.49. The van der Waals surface area contributed by atoms with Crippen molar-refractivity contribution in [2.24, 2.45) is 12.8 Å². The molecule has 0 radical (unpaired) electrons. The highest BCUT2D eigenvalue weighted by molar-refractivity contribution is 6.06. The maximum absolute atomic E-state index is 12.0. The minimum Gasteiger partial charge on any atom is -0.325 e. The number of rotatable bonds is 2. The Labute approximate surface area is 117 Å². The molecule has 1 amide bonds. The van der Waals surface area contributed by atoms with E-state index in [1.54, 1.807) is 4.68 Å². The van der Waals surface area contributed by atoms with Crippen molar-refractivity contribution < 1.29 is 4.79 Å². The lowest BCUT2D eigenvalue weighted by Gasteiger charge is -2.15. The van der Waals surface area contributed by atoms with Crippen LogP contribution in [-0.2, 0) is 23.8 Å². The maximum Gasteiger partial charge on any atom is 0.234 e. The number of carbonyl (C=O) groups excluding carboxylic acids is 1. The van der Waals surface area contributed by atoms with Crippen molar-refractivity contribution in [2.45, 2.75) is 25.8 Å². The summed E-state index contributed by atoms with van der Waals surface area (Å²) >= 11 is 0. The topological polar surface area (TPSA) is 85.8 Å². The van der Waals surface area contributed by atoms with Gasteiger partial charge in [0.25, 0.3) is 0 Å². The molecule has 0 saturated heterocycles. The third-order valence-corrected chi connectivity index (χ3v) is 3.76. The number of anilines is 1. The first-order valence-corrected chi connectivity index (χ1v) is 6.50. The Morgan fingerprint density at radius 2 is 2.15 bits per heavy atom. The van der Waals surface area contributed by atoms with Crippen LogP contribution in [0.1, 0.15) is 25.2 Å². The summed E-state index contributed by atoms with van der Waals surface area (Å²) in [6.45, 7) is 4.14. The van der Waals surface area contributed by atoms with Gasteiger partial charge >= 0.3 is 0 Å². The summed E-state index contributed by atoms with van der Waals surface area (Å²) in [4.78, 5) is 16.4. The largest absolute Gasteiger partial charge is 0.325 e. The van der Waals surface area contributed by atoms with Crippen molar-refractivity contribution in [3.05, 3.63) is 29.6 Å². The molecule has 0 spiro atoms. The smallest absolute Gasteiger partial charge is 0.234 e. The lowest BCUT2D eigenvalue weighted by molar-refractivity contribution is -0.119. The van der Waals surface area contributed by atoms with Crippen LogP contribution in [0.3, 0.4) is 0 Å². The van der Waals surface area contributed by atoms with Gasteiger partial charge in [-0.1, -0.05) is 0 Å². The molecule has 0 bridgehead atoms. The van der Waals surface area contributed by atoms with Crippen LogP contribution in [0.2, 0.25) is 0 Å². The molecule has 1 aromatic carbocycles. The molecule has 2 aromatic rings. The normalized spacial score (nSPS) is 16.1. The fraction of sp³-hybridized carbons (Fsp3) is 0.357. The van der Waals surface area contributed by atoms with Crippen molar-refractivity contribution in [1.29, 1.82) is 0 Å². The van der Waals surface area contributed by atoms with Gasteiger partial charge < -0.3 is 11.1 Å². The summed E-state index contributed by atoms with van der Waals surface area (Å²) in [5, 5.41) is 7.14. The molecule has 20 heavy (non-hydrogen) atoms. The van der Waals surface area contributed by atoms with E-state index in [1.807, 2.05) is 39.1 Å². The van der Waals surface area contributed by atoms with E-state index in [1.165, 1.54) is 0 Å². The zero-order valence-corrected chi connectivity index (χ0v) is 11.8. The SMILES string of the molecule is Cn1nc(CN)nc1-c1ccc2c(c1)C(C)(C)C(=O)N2. The highest BCUT2D eigenvalue weighted by atomic mass is 16.2. The van der Waals surface area contributed by atoms with Gasteiger partial charge in [-0.05, 0) is 37.6 Å². The molecular weight excluding hydrogens is 254 g/mol. The molecule has 3 rings (SSSR count). The Morgan fingerprint density at radius 1 is 1.40 bits per heavy atom. The monoisotopic (exact) mass is 271 g/mol. The number of nitrogens with zero attached hydrogens (tertiary/aromatic N) is 3. The molecule has 1 aliphatic rings. The average molecular weight is 271 g/mol. The van der Waals surface area contributed by atoms with Crippen LogP contribution >= 0.6 is 0 Å². The number of aromatic nitrogens is 3. The van der Waals surface area contributed by atoms with Gasteiger partial charge in [0.1, 0.15) is 0 Å². The Hall–Kier alpha value is -2.21. The minimum absolute atomic E-state index is 0.0188. The second-order valence-corrected chi connectivity index (χ2v) is 5.52. The van der Waals surface area contributed by atoms with E-state index in [2.05, 4.69) is 15.4 Å². The second kappa shape index (κ2) is 4.14. The molecule has 0 atom stereocenters. The summed E-state index contributed by atoms with van der Waals surface area (Å²) < 4.78 is 1.71. The van der Waals surface area contributed by atoms with Crippen LogP contribution in [0.4, 0.5) is 5.69 Å². The number of benzene rings is 1. The summed E-state index contributed by atoms with van der Waals surface area (Å²) in [6, 6.07) is 5.84. The minimum atomic E-state index is -0.527. The van der Waals surface area contributed by atoms with E-state index < -0.39 is 5.41 Å². The molecule has 6 heteroatoms. The summed E-state index contributed by atoms with van der Waals surface area (Å²) in [7, 11) is 1.84. The van der Waals surface area contributed by atoms with E-state index in [-0.39, 0.29) is 5.91 Å². The van der Waals surface area contributed by atoms with E-state index >= 15 is 0 Å².